The summed E-state index contributed by atoms with van der Waals surface area (Å²) in [6.07, 6.45) is -0.428. The number of carbonyl (C=O) groups excluding carboxylic acids is 2. The van der Waals surface area contributed by atoms with Crippen LogP contribution in [-0.4, -0.2) is 85.7 Å². The number of hydrogen-bond acceptors (Lipinski definition) is 11. The quantitative estimate of drug-likeness (QED) is 0.0712. The molecule has 0 bridgehead atoms. The second-order valence-corrected chi connectivity index (χ2v) is 6.21. The first-order chi connectivity index (χ1) is 14.2. The summed E-state index contributed by atoms with van der Waals surface area (Å²) >= 11 is 0. The van der Waals surface area contributed by atoms with Crippen molar-refractivity contribution in [2.24, 2.45) is 10.9 Å². The van der Waals surface area contributed by atoms with Crippen LogP contribution in [0.1, 0.15) is 25.7 Å². The number of ketones is 1. The molecule has 1 rings (SSSR count). The smallest absolute Gasteiger partial charge is 0.394 e. The summed E-state index contributed by atoms with van der Waals surface area (Å²) in [7, 11) is -9.33. The second kappa shape index (κ2) is 18.6. The average molecular weight is 517 g/mol. The Kier molecular flexibility index (Phi) is 21.1. The fraction of sp³-hybridized carbons (Fsp3) is 0.400. The zero-order valence-electron chi connectivity index (χ0n) is 15.7. The van der Waals surface area contributed by atoms with Crippen LogP contribution >= 0.6 is 0 Å². The number of carbonyl (C=O) groups is 5. The highest BCUT2D eigenvalue weighted by Gasteiger charge is 2.16. The maximum Gasteiger partial charge on any atom is 0.394 e. The van der Waals surface area contributed by atoms with E-state index in [0.717, 1.165) is 0 Å². The number of quaternary nitrogens is 1. The number of carboxylic acid groups (broad SMARTS) is 3. The fourth-order valence-electron chi connectivity index (χ4n) is 0.956. The van der Waals surface area contributed by atoms with Crippen molar-refractivity contribution in [2.75, 3.05) is 0 Å². The Labute approximate surface area is 179 Å². The van der Waals surface area contributed by atoms with Crippen LogP contribution in [0.5, 0.6) is 0 Å². The first-order valence-electron chi connectivity index (χ1n) is 7.11. The normalized spacial score (nSPS) is 12.1. The molecule has 0 aromatic carbocycles. The predicted molar refractivity (Wildman–Crippen MR) is 97.4 cm³/mol. The lowest BCUT2D eigenvalue weighted by atomic mass is 10.2. The van der Waals surface area contributed by atoms with E-state index in [1.54, 1.807) is 0 Å². The summed E-state index contributed by atoms with van der Waals surface area (Å²) in [5.41, 5.74) is 2.10. The molecule has 0 unspecified atom stereocenters. The Bertz CT molecular complexity index is 832. The lowest BCUT2D eigenvalue weighted by Crippen LogP contribution is -2.59. The molecule has 0 aromatic heterocycles. The predicted octanol–water partition coefficient (Wildman–Crippen LogP) is -4.36. The summed E-state index contributed by atoms with van der Waals surface area (Å²) in [5.74, 6) is 1.88. The zero-order chi connectivity index (χ0) is 26.7. The fourth-order valence-corrected chi connectivity index (χ4v) is 0.956. The largest absolute Gasteiger partial charge is 0.481 e. The Hall–Kier alpha value is -3.12. The summed E-state index contributed by atoms with van der Waals surface area (Å²) in [6.45, 7) is 0. The zero-order valence-corrected chi connectivity index (χ0v) is 17.3. The van der Waals surface area contributed by atoms with Gasteiger partial charge in [-0.3, -0.25) is 38.4 Å². The van der Waals surface area contributed by atoms with Gasteiger partial charge in [0.15, 0.2) is 0 Å². The minimum absolute atomic E-state index is 0.0135. The highest BCUT2D eigenvalue weighted by atomic mass is 32.3. The van der Waals surface area contributed by atoms with Gasteiger partial charge >= 0.3 is 38.7 Å². The van der Waals surface area contributed by atoms with Crippen LogP contribution in [-0.2, 0) is 44.8 Å². The number of amides is 1. The molecule has 0 saturated heterocycles. The molecule has 20 nitrogen and oxygen atoms in total. The Balaban J connectivity index is -0.000000167. The van der Waals surface area contributed by atoms with Crippen LogP contribution in [0.2, 0.25) is 0 Å². The molecular weight excluding hydrogens is 496 g/mol. The maximum absolute atomic E-state index is 10.4. The Morgan fingerprint density at radius 2 is 1.25 bits per heavy atom. The molecule has 13 N–H and O–H groups in total. The number of nitrogens with two attached hydrogens (primary N) is 1. The molecule has 1 amide bonds. The number of Topliss-reactive ketones (excluding diaryl/α,β-unsaturated/α-hetero) is 1. The molecule has 0 spiro atoms. The molecule has 0 aliphatic carbocycles. The summed E-state index contributed by atoms with van der Waals surface area (Å²) in [6, 6.07) is 0. The molecule has 0 radical (unpaired) electrons. The van der Waals surface area contributed by atoms with E-state index in [1.165, 1.54) is 0 Å². The van der Waals surface area contributed by atoms with Crippen molar-refractivity contribution in [3.05, 3.63) is 0 Å². The lowest BCUT2D eigenvalue weighted by molar-refractivity contribution is -0.379. The van der Waals surface area contributed by atoms with E-state index in [1.807, 2.05) is 0 Å². The average Bonchev–Trinajstić information content (AvgIpc) is 2.59. The molecule has 1 aliphatic rings. The molecule has 22 heteroatoms. The van der Waals surface area contributed by atoms with Gasteiger partial charge in [0, 0.05) is 19.3 Å². The van der Waals surface area contributed by atoms with Gasteiger partial charge in [0.1, 0.15) is 5.71 Å². The summed E-state index contributed by atoms with van der Waals surface area (Å²) in [4.78, 5) is 50.3. The van der Waals surface area contributed by atoms with Gasteiger partial charge in [0.25, 0.3) is 0 Å². The number of hydrazone groups is 1. The van der Waals surface area contributed by atoms with Gasteiger partial charge in [0.05, 0.1) is 6.42 Å². The van der Waals surface area contributed by atoms with Crippen molar-refractivity contribution in [2.45, 2.75) is 25.7 Å². The number of rotatable bonds is 5. The van der Waals surface area contributed by atoms with Crippen molar-refractivity contribution < 1.29 is 80.2 Å². The molecule has 188 valence electrons. The van der Waals surface area contributed by atoms with Gasteiger partial charge in [-0.2, -0.15) is 27.8 Å². The number of carboxylic acids is 3. The third kappa shape index (κ3) is 45.6. The van der Waals surface area contributed by atoms with Gasteiger partial charge in [-0.05, 0) is 0 Å². The van der Waals surface area contributed by atoms with E-state index in [-0.39, 0.29) is 24.5 Å². The van der Waals surface area contributed by atoms with Crippen LogP contribution in [0.3, 0.4) is 0 Å². The highest BCUT2D eigenvalue weighted by molar-refractivity contribution is 7.80. The van der Waals surface area contributed by atoms with Crippen molar-refractivity contribution in [1.29, 1.82) is 0 Å². The van der Waals surface area contributed by atoms with Gasteiger partial charge in [-0.25, -0.2) is 15.0 Å². The van der Waals surface area contributed by atoms with E-state index >= 15 is 0 Å². The first kappa shape index (κ1) is 36.3. The number of nitrogens with zero attached hydrogens (tertiary/aromatic N) is 1. The van der Waals surface area contributed by atoms with E-state index in [0.29, 0.717) is 0 Å². The van der Waals surface area contributed by atoms with Crippen molar-refractivity contribution in [3.8, 4) is 0 Å². The van der Waals surface area contributed by atoms with Gasteiger partial charge < -0.3 is 15.3 Å². The van der Waals surface area contributed by atoms with Crippen LogP contribution in [0, 0.1) is 0 Å². The second-order valence-electron chi connectivity index (χ2n) is 4.42. The number of hydrogen-bond donors (Lipinski definition) is 10. The van der Waals surface area contributed by atoms with Crippen molar-refractivity contribution >= 4 is 56.1 Å². The molecule has 32 heavy (non-hydrogen) atoms. The molecule has 0 fully saturated rings. The molecular formula is C10H21N4O16S2+. The van der Waals surface area contributed by atoms with Crippen LogP contribution in [0.4, 0.5) is 0 Å². The molecule has 0 atom stereocenters. The molecule has 0 aromatic rings. The van der Waals surface area contributed by atoms with Crippen LogP contribution < -0.4 is 17.1 Å². The monoisotopic (exact) mass is 517 g/mol. The van der Waals surface area contributed by atoms with Crippen LogP contribution in [0.15, 0.2) is 5.10 Å². The third-order valence-electron chi connectivity index (χ3n) is 1.96. The Morgan fingerprint density at radius 3 is 1.47 bits per heavy atom. The van der Waals surface area contributed by atoms with E-state index < -0.39 is 57.3 Å². The third-order valence-corrected chi connectivity index (χ3v) is 1.96. The number of aliphatic carboxylic acids is 3. The minimum atomic E-state index is -4.67. The highest BCUT2D eigenvalue weighted by Crippen LogP contribution is 1.98. The lowest BCUT2D eigenvalue weighted by Gasteiger charge is -2.06. The maximum atomic E-state index is 10.4. The van der Waals surface area contributed by atoms with Gasteiger partial charge in [-0.1, -0.05) is 0 Å². The minimum Gasteiger partial charge on any atom is -0.481 e. The standard InChI is InChI=1S/C5H6N2O3.C5H6O5.H4N2.2H2O4S/c8-4-2-1-3(5(9)10)6-7-4;6-3(5(9)10)1-2-4(7)8;1-2;2*1-5(2,3)4/h2*1-2H2,(H,7,8)(H,9,10);1-2H2;2*(H2,1,2,3,4)/p+1. The molecule has 1 heterocycles. The summed E-state index contributed by atoms with van der Waals surface area (Å²) in [5, 5.41) is 27.6. The Morgan fingerprint density at radius 1 is 0.875 bits per heavy atom. The van der Waals surface area contributed by atoms with E-state index in [4.69, 9.17) is 50.4 Å². The molecule has 1 aliphatic heterocycles. The van der Waals surface area contributed by atoms with Crippen LogP contribution in [0.25, 0.3) is 0 Å². The van der Waals surface area contributed by atoms with E-state index in [2.05, 4.69) is 22.2 Å². The van der Waals surface area contributed by atoms with E-state index in [9.17, 15) is 24.0 Å². The van der Waals surface area contributed by atoms with Crippen molar-refractivity contribution in [1.82, 2.24) is 5.43 Å². The topological polar surface area (TPSA) is 373 Å². The van der Waals surface area contributed by atoms with Gasteiger partial charge in [-0.15, -0.1) is 0 Å². The number of nitrogens with one attached hydrogen (secondary N) is 1. The van der Waals surface area contributed by atoms with Gasteiger partial charge in [0.2, 0.25) is 11.7 Å². The summed E-state index contributed by atoms with van der Waals surface area (Å²) < 4.78 is 63.2. The first-order valence-corrected chi connectivity index (χ1v) is 9.90. The van der Waals surface area contributed by atoms with Crippen molar-refractivity contribution in [3.63, 3.8) is 0 Å². The molecule has 0 saturated carbocycles. The SMILES string of the molecule is N[NH3+].O=C(O)CCC(=O)C(=O)O.O=C1CCC(C(=O)O)=NN1.O=S(=O)(O)O.O=S(=O)(O)O.